The molecule has 0 bridgehead atoms. The first-order valence-electron chi connectivity index (χ1n) is 11.9. The van der Waals surface area contributed by atoms with E-state index < -0.39 is 42.3 Å². The van der Waals surface area contributed by atoms with Crippen molar-refractivity contribution in [2.75, 3.05) is 13.1 Å². The maximum atomic E-state index is 14.9. The largest absolute Gasteiger partial charge is 0.336 e. The number of nitrogens with one attached hydrogen (secondary N) is 2. The minimum atomic E-state index is -3.20. The Hall–Kier alpha value is -2.69. The van der Waals surface area contributed by atoms with Gasteiger partial charge in [-0.2, -0.15) is 5.26 Å². The van der Waals surface area contributed by atoms with Gasteiger partial charge in [-0.1, -0.05) is 43.2 Å². The molecule has 3 amide bonds. The topological polar surface area (TPSA) is 85.2 Å². The number of piperidine rings is 1. The summed E-state index contributed by atoms with van der Waals surface area (Å²) in [7, 11) is 0. The SMILES string of the molecule is N#CC1(NC(=O)C(CC(F)(F)Cc2ccccc2)NC(=O)N2CCC3(CCCC3)CC2)CC1. The van der Waals surface area contributed by atoms with Crippen LogP contribution in [-0.2, 0) is 11.2 Å². The Kier molecular flexibility index (Phi) is 6.60. The van der Waals surface area contributed by atoms with Gasteiger partial charge in [0.2, 0.25) is 5.91 Å². The highest BCUT2D eigenvalue weighted by Crippen LogP contribution is 2.46. The molecule has 0 aromatic heterocycles. The molecule has 2 N–H and O–H groups in total. The van der Waals surface area contributed by atoms with E-state index in [1.807, 2.05) is 6.07 Å². The first-order valence-corrected chi connectivity index (χ1v) is 11.9. The summed E-state index contributed by atoms with van der Waals surface area (Å²) in [5.41, 5.74) is -0.211. The number of rotatable bonds is 7. The number of hydrogen-bond acceptors (Lipinski definition) is 3. The Morgan fingerprint density at radius 2 is 1.70 bits per heavy atom. The van der Waals surface area contributed by atoms with Gasteiger partial charge < -0.3 is 15.5 Å². The van der Waals surface area contributed by atoms with Gasteiger partial charge >= 0.3 is 6.03 Å². The van der Waals surface area contributed by atoms with E-state index >= 15 is 0 Å². The molecule has 8 heteroatoms. The van der Waals surface area contributed by atoms with Gasteiger partial charge in [-0.3, -0.25) is 4.79 Å². The fraction of sp³-hybridized carbons (Fsp3) is 0.640. The van der Waals surface area contributed by atoms with Crippen molar-refractivity contribution in [2.24, 2.45) is 5.41 Å². The lowest BCUT2D eigenvalue weighted by atomic mass is 9.77. The van der Waals surface area contributed by atoms with Crippen molar-refractivity contribution in [1.29, 1.82) is 5.26 Å². The Labute approximate surface area is 193 Å². The number of alkyl halides is 2. The highest BCUT2D eigenvalue weighted by Gasteiger charge is 2.47. The highest BCUT2D eigenvalue weighted by molar-refractivity contribution is 5.88. The second kappa shape index (κ2) is 9.28. The zero-order valence-electron chi connectivity index (χ0n) is 18.9. The smallest absolute Gasteiger partial charge is 0.318 e. The maximum absolute atomic E-state index is 14.9. The van der Waals surface area contributed by atoms with Crippen LogP contribution in [0, 0.1) is 16.7 Å². The number of hydrogen-bond donors (Lipinski definition) is 2. The third-order valence-corrected chi connectivity index (χ3v) is 7.52. The molecular formula is C25H32F2N4O2. The molecule has 1 atom stereocenters. The zero-order valence-corrected chi connectivity index (χ0v) is 18.9. The second-order valence-corrected chi connectivity index (χ2v) is 10.1. The number of likely N-dealkylation sites (tertiary alicyclic amines) is 1. The van der Waals surface area contributed by atoms with Gasteiger partial charge in [-0.05, 0) is 49.5 Å². The van der Waals surface area contributed by atoms with Crippen molar-refractivity contribution in [3.8, 4) is 6.07 Å². The van der Waals surface area contributed by atoms with E-state index in [-0.39, 0.29) is 0 Å². The van der Waals surface area contributed by atoms with Crippen LogP contribution in [0.3, 0.4) is 0 Å². The lowest BCUT2D eigenvalue weighted by Gasteiger charge is -2.39. The minimum Gasteiger partial charge on any atom is -0.336 e. The van der Waals surface area contributed by atoms with Crippen LogP contribution in [0.15, 0.2) is 30.3 Å². The van der Waals surface area contributed by atoms with Crippen molar-refractivity contribution in [3.63, 3.8) is 0 Å². The van der Waals surface area contributed by atoms with Gasteiger partial charge in [0.1, 0.15) is 11.6 Å². The molecule has 1 heterocycles. The Morgan fingerprint density at radius 3 is 2.27 bits per heavy atom. The summed E-state index contributed by atoms with van der Waals surface area (Å²) in [4.78, 5) is 27.5. The van der Waals surface area contributed by atoms with Crippen molar-refractivity contribution in [1.82, 2.24) is 15.5 Å². The number of urea groups is 1. The molecule has 4 rings (SSSR count). The van der Waals surface area contributed by atoms with E-state index in [1.54, 1.807) is 35.2 Å². The fourth-order valence-corrected chi connectivity index (χ4v) is 5.24. The molecule has 3 aliphatic rings. The number of carbonyl (C=O) groups excluding carboxylic acids is 2. The van der Waals surface area contributed by atoms with Gasteiger partial charge in [0.05, 0.1) is 6.07 Å². The summed E-state index contributed by atoms with van der Waals surface area (Å²) >= 11 is 0. The summed E-state index contributed by atoms with van der Waals surface area (Å²) in [6.07, 6.45) is 6.30. The third-order valence-electron chi connectivity index (χ3n) is 7.52. The normalized spacial score (nSPS) is 21.8. The molecule has 0 radical (unpaired) electrons. The molecule has 1 saturated heterocycles. The molecule has 2 saturated carbocycles. The molecule has 1 spiro atoms. The average molecular weight is 459 g/mol. The number of amides is 3. The predicted octanol–water partition coefficient (Wildman–Crippen LogP) is 4.16. The van der Waals surface area contributed by atoms with Crippen LogP contribution >= 0.6 is 0 Å². The molecule has 33 heavy (non-hydrogen) atoms. The number of carbonyl (C=O) groups is 2. The van der Waals surface area contributed by atoms with Gasteiger partial charge in [0.15, 0.2) is 0 Å². The Bertz CT molecular complexity index is 895. The molecule has 1 aromatic rings. The summed E-state index contributed by atoms with van der Waals surface area (Å²) in [5.74, 6) is -3.92. The predicted molar refractivity (Wildman–Crippen MR) is 119 cm³/mol. The first-order chi connectivity index (χ1) is 15.7. The number of nitrogens with zero attached hydrogens (tertiary/aromatic N) is 2. The van der Waals surface area contributed by atoms with Crippen LogP contribution in [0.2, 0.25) is 0 Å². The summed E-state index contributed by atoms with van der Waals surface area (Å²) in [6, 6.07) is 8.50. The molecule has 2 aliphatic carbocycles. The van der Waals surface area contributed by atoms with E-state index in [9.17, 15) is 23.6 Å². The van der Waals surface area contributed by atoms with Crippen LogP contribution in [0.25, 0.3) is 0 Å². The monoisotopic (exact) mass is 458 g/mol. The van der Waals surface area contributed by atoms with Crippen molar-refractivity contribution >= 4 is 11.9 Å². The molecule has 3 fully saturated rings. The van der Waals surface area contributed by atoms with Gasteiger partial charge in [-0.25, -0.2) is 13.6 Å². The van der Waals surface area contributed by atoms with E-state index in [0.29, 0.717) is 36.9 Å². The summed E-state index contributed by atoms with van der Waals surface area (Å²) in [6.45, 7) is 1.14. The first kappa shape index (κ1) is 23.5. The molecule has 1 unspecified atom stereocenters. The highest BCUT2D eigenvalue weighted by atomic mass is 19.3. The molecule has 1 aromatic carbocycles. The quantitative estimate of drug-likeness (QED) is 0.643. The number of nitriles is 1. The van der Waals surface area contributed by atoms with Gasteiger partial charge in [-0.15, -0.1) is 0 Å². The molecule has 6 nitrogen and oxygen atoms in total. The number of benzene rings is 1. The lowest BCUT2D eigenvalue weighted by molar-refractivity contribution is -0.126. The molecular weight excluding hydrogens is 426 g/mol. The molecule has 178 valence electrons. The van der Waals surface area contributed by atoms with Crippen LogP contribution in [0.1, 0.15) is 63.4 Å². The van der Waals surface area contributed by atoms with Crippen LogP contribution in [-0.4, -0.2) is 47.4 Å². The van der Waals surface area contributed by atoms with Crippen molar-refractivity contribution in [2.45, 2.75) is 81.7 Å². The maximum Gasteiger partial charge on any atom is 0.318 e. The fourth-order valence-electron chi connectivity index (χ4n) is 5.24. The average Bonchev–Trinajstić information content (AvgIpc) is 3.43. The van der Waals surface area contributed by atoms with Crippen LogP contribution in [0.5, 0.6) is 0 Å². The Morgan fingerprint density at radius 1 is 1.06 bits per heavy atom. The van der Waals surface area contributed by atoms with Crippen molar-refractivity contribution in [3.05, 3.63) is 35.9 Å². The lowest BCUT2D eigenvalue weighted by Crippen LogP contribution is -2.56. The van der Waals surface area contributed by atoms with Gasteiger partial charge in [0, 0.05) is 25.9 Å². The summed E-state index contributed by atoms with van der Waals surface area (Å²) < 4.78 is 29.9. The molecule has 1 aliphatic heterocycles. The van der Waals surface area contributed by atoms with Gasteiger partial charge in [0.25, 0.3) is 5.92 Å². The number of halogens is 2. The zero-order chi connectivity index (χ0) is 23.5. The van der Waals surface area contributed by atoms with Crippen LogP contribution < -0.4 is 10.6 Å². The minimum absolute atomic E-state index is 0.321. The van der Waals surface area contributed by atoms with E-state index in [4.69, 9.17) is 0 Å². The van der Waals surface area contributed by atoms with E-state index in [0.717, 1.165) is 12.8 Å². The summed E-state index contributed by atoms with van der Waals surface area (Å²) in [5, 5.41) is 14.4. The Balaban J connectivity index is 1.41. The van der Waals surface area contributed by atoms with Crippen LogP contribution in [0.4, 0.5) is 13.6 Å². The third kappa shape index (κ3) is 5.82. The van der Waals surface area contributed by atoms with E-state index in [1.165, 1.54) is 25.7 Å². The standard InChI is InChI=1S/C25H32F2N4O2/c26-25(27,16-19-6-2-1-3-7-19)17-20(21(32)30-24(18-28)10-11-24)29-22(33)31-14-12-23(13-15-31)8-4-5-9-23/h1-3,6-7,20H,4-5,8-17H2,(H,29,33)(H,30,32). The van der Waals surface area contributed by atoms with Crippen molar-refractivity contribution < 1.29 is 18.4 Å². The van der Waals surface area contributed by atoms with E-state index in [2.05, 4.69) is 10.6 Å². The second-order valence-electron chi connectivity index (χ2n) is 10.1.